The zero-order chi connectivity index (χ0) is 15.5. The van der Waals surface area contributed by atoms with Crippen LogP contribution in [0.4, 0.5) is 5.69 Å². The number of amides is 2. The molecule has 0 unspecified atom stereocenters. The number of carbonyl (C=O) groups is 2. The summed E-state index contributed by atoms with van der Waals surface area (Å²) in [5.41, 5.74) is 1.92. The molecule has 1 rings (SSSR count). The molecule has 0 aliphatic carbocycles. The quantitative estimate of drug-likeness (QED) is 0.683. The van der Waals surface area contributed by atoms with Crippen molar-refractivity contribution in [3.8, 4) is 0 Å². The van der Waals surface area contributed by atoms with Crippen LogP contribution in [0.3, 0.4) is 0 Å². The highest BCUT2D eigenvalue weighted by atomic mass is 32.2. The summed E-state index contributed by atoms with van der Waals surface area (Å²) in [4.78, 5) is 23.2. The van der Waals surface area contributed by atoms with Gasteiger partial charge in [-0.15, -0.1) is 11.8 Å². The highest BCUT2D eigenvalue weighted by Crippen LogP contribution is 2.09. The molecule has 21 heavy (non-hydrogen) atoms. The molecule has 0 spiro atoms. The Morgan fingerprint density at radius 1 is 1.14 bits per heavy atom. The van der Waals surface area contributed by atoms with Gasteiger partial charge in [-0.1, -0.05) is 17.7 Å². The Labute approximate surface area is 129 Å². The number of methoxy groups -OCH3 is 1. The van der Waals surface area contributed by atoms with Crippen molar-refractivity contribution >= 4 is 29.3 Å². The Balaban J connectivity index is 2.12. The van der Waals surface area contributed by atoms with Crippen molar-refractivity contribution in [3.05, 3.63) is 29.8 Å². The molecule has 0 fully saturated rings. The van der Waals surface area contributed by atoms with Gasteiger partial charge in [0.25, 0.3) is 0 Å². The molecule has 2 N–H and O–H groups in total. The highest BCUT2D eigenvalue weighted by Gasteiger charge is 2.05. The fourth-order valence-electron chi connectivity index (χ4n) is 1.57. The van der Waals surface area contributed by atoms with Gasteiger partial charge in [0.05, 0.1) is 11.5 Å². The van der Waals surface area contributed by atoms with Crippen molar-refractivity contribution in [2.45, 2.75) is 13.3 Å². The van der Waals surface area contributed by atoms with Crippen LogP contribution in [0.2, 0.25) is 0 Å². The monoisotopic (exact) mass is 310 g/mol. The van der Waals surface area contributed by atoms with Crippen LogP contribution in [-0.4, -0.2) is 43.6 Å². The first-order chi connectivity index (χ1) is 10.1. The van der Waals surface area contributed by atoms with Gasteiger partial charge in [0.2, 0.25) is 11.8 Å². The summed E-state index contributed by atoms with van der Waals surface area (Å²) >= 11 is 1.30. The highest BCUT2D eigenvalue weighted by molar-refractivity contribution is 8.00. The minimum absolute atomic E-state index is 0.0563. The molecule has 0 aromatic heterocycles. The van der Waals surface area contributed by atoms with Crippen LogP contribution < -0.4 is 10.6 Å². The Morgan fingerprint density at radius 2 is 1.81 bits per heavy atom. The summed E-state index contributed by atoms with van der Waals surface area (Å²) in [5, 5.41) is 5.57. The number of anilines is 1. The van der Waals surface area contributed by atoms with Crippen LogP contribution >= 0.6 is 11.8 Å². The molecule has 0 saturated heterocycles. The molecule has 1 aromatic carbocycles. The van der Waals surface area contributed by atoms with E-state index in [2.05, 4.69) is 10.6 Å². The van der Waals surface area contributed by atoms with Crippen LogP contribution in [-0.2, 0) is 14.3 Å². The number of aryl methyl sites for hydroxylation is 1. The number of hydrogen-bond acceptors (Lipinski definition) is 4. The lowest BCUT2D eigenvalue weighted by atomic mass is 10.2. The van der Waals surface area contributed by atoms with Crippen molar-refractivity contribution in [1.29, 1.82) is 0 Å². The zero-order valence-corrected chi connectivity index (χ0v) is 13.3. The van der Waals surface area contributed by atoms with E-state index in [-0.39, 0.29) is 23.3 Å². The second-order valence-electron chi connectivity index (χ2n) is 4.60. The Morgan fingerprint density at radius 3 is 2.48 bits per heavy atom. The van der Waals surface area contributed by atoms with Gasteiger partial charge < -0.3 is 15.4 Å². The van der Waals surface area contributed by atoms with Crippen LogP contribution in [0.25, 0.3) is 0 Å². The van der Waals surface area contributed by atoms with Gasteiger partial charge in [-0.05, 0) is 25.5 Å². The molecule has 0 atom stereocenters. The first kappa shape index (κ1) is 17.5. The van der Waals surface area contributed by atoms with E-state index in [0.29, 0.717) is 13.2 Å². The number of hydrogen-bond donors (Lipinski definition) is 2. The summed E-state index contributed by atoms with van der Waals surface area (Å²) in [7, 11) is 1.63. The Bertz CT molecular complexity index is 449. The largest absolute Gasteiger partial charge is 0.385 e. The molecule has 116 valence electrons. The molecule has 2 amide bonds. The van der Waals surface area contributed by atoms with Crippen molar-refractivity contribution in [2.24, 2.45) is 0 Å². The molecule has 0 heterocycles. The van der Waals surface area contributed by atoms with Gasteiger partial charge in [-0.3, -0.25) is 9.59 Å². The van der Waals surface area contributed by atoms with Crippen LogP contribution in [0.5, 0.6) is 0 Å². The molecule has 5 nitrogen and oxygen atoms in total. The lowest BCUT2D eigenvalue weighted by Crippen LogP contribution is -2.27. The number of thioether (sulfide) groups is 1. The average molecular weight is 310 g/mol. The molecular weight excluding hydrogens is 288 g/mol. The van der Waals surface area contributed by atoms with Crippen molar-refractivity contribution < 1.29 is 14.3 Å². The maximum Gasteiger partial charge on any atom is 0.234 e. The molecule has 6 heteroatoms. The van der Waals surface area contributed by atoms with Gasteiger partial charge in [0.1, 0.15) is 0 Å². The van der Waals surface area contributed by atoms with E-state index in [1.165, 1.54) is 11.8 Å². The lowest BCUT2D eigenvalue weighted by molar-refractivity contribution is -0.118. The van der Waals surface area contributed by atoms with Crippen molar-refractivity contribution in [1.82, 2.24) is 5.32 Å². The van der Waals surface area contributed by atoms with Gasteiger partial charge >= 0.3 is 0 Å². The Hall–Kier alpha value is -1.53. The van der Waals surface area contributed by atoms with E-state index in [1.807, 2.05) is 31.2 Å². The van der Waals surface area contributed by atoms with Crippen LogP contribution in [0, 0.1) is 6.92 Å². The van der Waals surface area contributed by atoms with E-state index >= 15 is 0 Å². The van der Waals surface area contributed by atoms with E-state index < -0.39 is 0 Å². The predicted molar refractivity (Wildman–Crippen MR) is 86.6 cm³/mol. The number of ether oxygens (including phenoxy) is 1. The maximum absolute atomic E-state index is 11.7. The van der Waals surface area contributed by atoms with Gasteiger partial charge in [-0.2, -0.15) is 0 Å². The number of benzene rings is 1. The first-order valence-corrected chi connectivity index (χ1v) is 7.97. The molecule has 0 bridgehead atoms. The summed E-state index contributed by atoms with van der Waals surface area (Å²) in [6.07, 6.45) is 0.792. The molecular formula is C15H22N2O3S. The minimum Gasteiger partial charge on any atom is -0.385 e. The smallest absolute Gasteiger partial charge is 0.234 e. The minimum atomic E-state index is -0.101. The summed E-state index contributed by atoms with van der Waals surface area (Å²) in [5.74, 6) is 0.392. The average Bonchev–Trinajstić information content (AvgIpc) is 2.46. The van der Waals surface area contributed by atoms with E-state index in [9.17, 15) is 9.59 Å². The molecule has 0 saturated carbocycles. The van der Waals surface area contributed by atoms with Crippen molar-refractivity contribution in [2.75, 3.05) is 37.1 Å². The second kappa shape index (κ2) is 10.2. The standard InChI is InChI=1S/C15H22N2O3S/c1-12-4-6-13(7-5-12)17-15(19)11-21-10-14(18)16-8-3-9-20-2/h4-7H,3,8-11H2,1-2H3,(H,16,18)(H,17,19). The third-order valence-corrected chi connectivity index (χ3v) is 3.58. The lowest BCUT2D eigenvalue weighted by Gasteiger charge is -2.06. The van der Waals surface area contributed by atoms with Crippen LogP contribution in [0.1, 0.15) is 12.0 Å². The summed E-state index contributed by atoms with van der Waals surface area (Å²) in [6.45, 7) is 3.22. The topological polar surface area (TPSA) is 67.4 Å². The molecule has 0 radical (unpaired) electrons. The zero-order valence-electron chi connectivity index (χ0n) is 12.5. The van der Waals surface area contributed by atoms with E-state index in [0.717, 1.165) is 17.7 Å². The normalized spacial score (nSPS) is 10.2. The number of nitrogens with one attached hydrogen (secondary N) is 2. The summed E-state index contributed by atoms with van der Waals surface area (Å²) in [6, 6.07) is 7.60. The number of rotatable bonds is 9. The Kier molecular flexibility index (Phi) is 8.54. The summed E-state index contributed by atoms with van der Waals surface area (Å²) < 4.78 is 4.89. The third kappa shape index (κ3) is 8.37. The van der Waals surface area contributed by atoms with Gasteiger partial charge in [0, 0.05) is 25.9 Å². The third-order valence-electron chi connectivity index (χ3n) is 2.65. The van der Waals surface area contributed by atoms with Gasteiger partial charge in [0.15, 0.2) is 0 Å². The number of carbonyl (C=O) groups excluding carboxylic acids is 2. The predicted octanol–water partition coefficient (Wildman–Crippen LogP) is 1.82. The SMILES string of the molecule is COCCCNC(=O)CSCC(=O)Nc1ccc(C)cc1. The van der Waals surface area contributed by atoms with E-state index in [4.69, 9.17) is 4.74 Å². The second-order valence-corrected chi connectivity index (χ2v) is 5.59. The van der Waals surface area contributed by atoms with Gasteiger partial charge in [-0.25, -0.2) is 0 Å². The molecule has 0 aliphatic rings. The maximum atomic E-state index is 11.7. The molecule has 1 aromatic rings. The van der Waals surface area contributed by atoms with Crippen molar-refractivity contribution in [3.63, 3.8) is 0 Å². The molecule has 0 aliphatic heterocycles. The van der Waals surface area contributed by atoms with E-state index in [1.54, 1.807) is 7.11 Å². The fraction of sp³-hybridized carbons (Fsp3) is 0.467. The van der Waals surface area contributed by atoms with Crippen LogP contribution in [0.15, 0.2) is 24.3 Å². The first-order valence-electron chi connectivity index (χ1n) is 6.81. The fourth-order valence-corrected chi connectivity index (χ4v) is 2.21.